The Morgan fingerprint density at radius 1 is 1.03 bits per heavy atom. The predicted octanol–water partition coefficient (Wildman–Crippen LogP) is 4.10. The first kappa shape index (κ1) is 23.6. The topological polar surface area (TPSA) is 67.5 Å². The molecule has 0 aliphatic heterocycles. The number of nitrogens with one attached hydrogen (secondary N) is 1. The van der Waals surface area contributed by atoms with Gasteiger partial charge in [0.25, 0.3) is 0 Å². The van der Waals surface area contributed by atoms with Gasteiger partial charge in [-0.15, -0.1) is 28.6 Å². The molecule has 6 heteroatoms. The summed E-state index contributed by atoms with van der Waals surface area (Å²) in [6.07, 6.45) is 6.59. The number of nitrogens with two attached hydrogens (primary N) is 1. The third kappa shape index (κ3) is 4.84. The summed E-state index contributed by atoms with van der Waals surface area (Å²) in [7, 11) is 1.70. The Morgan fingerprint density at radius 2 is 1.74 bits per heavy atom. The van der Waals surface area contributed by atoms with E-state index in [0.717, 1.165) is 34.0 Å². The summed E-state index contributed by atoms with van der Waals surface area (Å²) in [6, 6.07) is 16.7. The van der Waals surface area contributed by atoms with Crippen LogP contribution < -0.4 is 21.5 Å². The molecule has 2 aliphatic rings. The highest BCUT2D eigenvalue weighted by Crippen LogP contribution is 2.44. The van der Waals surface area contributed by atoms with Crippen LogP contribution in [0.25, 0.3) is 21.9 Å². The Hall–Kier alpha value is -3.14. The molecule has 0 amide bonds. The number of guanidine groups is 1. The second-order valence-electron chi connectivity index (χ2n) is 9.12. The molecule has 5 rings (SSSR count). The lowest BCUT2D eigenvalue weighted by Gasteiger charge is -2.41. The number of benzene rings is 1. The van der Waals surface area contributed by atoms with Gasteiger partial charge < -0.3 is 11.1 Å². The first-order chi connectivity index (χ1) is 17.1. The lowest BCUT2D eigenvalue weighted by Crippen LogP contribution is -2.46. The molecule has 0 bridgehead atoms. The Labute approximate surface area is 214 Å². The van der Waals surface area contributed by atoms with Crippen LogP contribution in [-0.4, -0.2) is 25.3 Å². The van der Waals surface area contributed by atoms with Crippen LogP contribution in [0.1, 0.15) is 34.3 Å². The summed E-state index contributed by atoms with van der Waals surface area (Å²) in [4.78, 5) is 22.1. The monoisotopic (exact) mass is 499 g/mol. The summed E-state index contributed by atoms with van der Waals surface area (Å²) < 4.78 is 0. The molecule has 4 unspecified atom stereocenters. The van der Waals surface area contributed by atoms with Gasteiger partial charge in [-0.25, -0.2) is 0 Å². The number of carbonyl (C=O) groups is 1. The van der Waals surface area contributed by atoms with Gasteiger partial charge in [0, 0.05) is 29.3 Å². The first-order valence-corrected chi connectivity index (χ1v) is 13.6. The lowest BCUT2D eigenvalue weighted by molar-refractivity contribution is 0.0799. The minimum atomic E-state index is -0.0191. The van der Waals surface area contributed by atoms with Crippen molar-refractivity contribution in [3.05, 3.63) is 68.7 Å². The summed E-state index contributed by atoms with van der Waals surface area (Å²) in [5.41, 5.74) is 5.92. The second-order valence-corrected chi connectivity index (χ2v) is 11.3. The molecule has 1 aromatic carbocycles. The molecule has 2 aliphatic carbocycles. The smallest absolute Gasteiger partial charge is 0.188 e. The van der Waals surface area contributed by atoms with Crippen molar-refractivity contribution in [2.24, 2.45) is 34.4 Å². The molecule has 1 saturated carbocycles. The third-order valence-electron chi connectivity index (χ3n) is 7.11. The highest BCUT2D eigenvalue weighted by Gasteiger charge is 2.41. The SMILES string of the molecule is CC#Cc1ccc(-c2ccc(C(=O)C3CCC(CNC(N)=NC)C4C=c5ccccc5=CC34)s2)s1. The molecule has 2 aromatic heterocycles. The van der Waals surface area contributed by atoms with Gasteiger partial charge in [-0.1, -0.05) is 42.3 Å². The molecule has 0 radical (unpaired) electrons. The van der Waals surface area contributed by atoms with Gasteiger partial charge in [0.1, 0.15) is 0 Å². The fourth-order valence-electron chi connectivity index (χ4n) is 5.37. The zero-order valence-corrected chi connectivity index (χ0v) is 21.6. The Kier molecular flexibility index (Phi) is 6.90. The van der Waals surface area contributed by atoms with Crippen LogP contribution >= 0.6 is 22.7 Å². The lowest BCUT2D eigenvalue weighted by atomic mass is 9.63. The van der Waals surface area contributed by atoms with Crippen LogP contribution in [0.3, 0.4) is 0 Å². The molecular weight excluding hydrogens is 470 g/mol. The van der Waals surface area contributed by atoms with E-state index >= 15 is 0 Å². The van der Waals surface area contributed by atoms with Crippen LogP contribution in [0.5, 0.6) is 0 Å². The van der Waals surface area contributed by atoms with E-state index in [4.69, 9.17) is 5.73 Å². The number of rotatable bonds is 5. The first-order valence-electron chi connectivity index (χ1n) is 12.0. The highest BCUT2D eigenvalue weighted by molar-refractivity contribution is 7.23. The van der Waals surface area contributed by atoms with Crippen molar-refractivity contribution in [2.45, 2.75) is 19.8 Å². The predicted molar refractivity (Wildman–Crippen MR) is 148 cm³/mol. The van der Waals surface area contributed by atoms with Crippen molar-refractivity contribution in [2.75, 3.05) is 13.6 Å². The standard InChI is InChI=1S/C29H29N3OS2/c1-3-6-21-10-12-25(34-21)26-13-14-27(35-26)28(33)22-11-9-20(17-32-29(30)31-2)23-15-18-7-4-5-8-19(18)16-24(22)23/h4-5,7-8,10,12-16,20,22-24H,9,11,17H2,1-2H3,(H3,30,31,32). The maximum atomic E-state index is 13.8. The summed E-state index contributed by atoms with van der Waals surface area (Å²) in [5, 5.41) is 5.75. The number of aliphatic imine (C=N–C) groups is 1. The van der Waals surface area contributed by atoms with E-state index in [1.807, 2.05) is 13.0 Å². The van der Waals surface area contributed by atoms with Crippen molar-refractivity contribution in [1.29, 1.82) is 0 Å². The fraction of sp³-hybridized carbons (Fsp3) is 0.310. The van der Waals surface area contributed by atoms with E-state index < -0.39 is 0 Å². The third-order valence-corrected chi connectivity index (χ3v) is 9.41. The number of carbonyl (C=O) groups excluding carboxylic acids is 1. The van der Waals surface area contributed by atoms with Gasteiger partial charge in [0.2, 0.25) is 0 Å². The maximum absolute atomic E-state index is 13.8. The number of hydrogen-bond donors (Lipinski definition) is 2. The summed E-state index contributed by atoms with van der Waals surface area (Å²) >= 11 is 3.29. The number of hydrogen-bond acceptors (Lipinski definition) is 4. The van der Waals surface area contributed by atoms with Gasteiger partial charge >= 0.3 is 0 Å². The van der Waals surface area contributed by atoms with Crippen LogP contribution in [0, 0.1) is 35.5 Å². The number of fused-ring (bicyclic) bond motifs is 2. The second kappa shape index (κ2) is 10.2. The largest absolute Gasteiger partial charge is 0.370 e. The normalized spacial score (nSPS) is 23.1. The molecule has 4 atom stereocenters. The molecule has 1 fully saturated rings. The average molecular weight is 500 g/mol. The van der Waals surface area contributed by atoms with Crippen molar-refractivity contribution >= 4 is 46.6 Å². The van der Waals surface area contributed by atoms with E-state index in [2.05, 4.69) is 76.8 Å². The number of Topliss-reactive ketones (excluding diaryl/α,β-unsaturated/α-hetero) is 1. The zero-order valence-electron chi connectivity index (χ0n) is 20.0. The molecule has 4 nitrogen and oxygen atoms in total. The van der Waals surface area contributed by atoms with Crippen molar-refractivity contribution in [3.8, 4) is 21.6 Å². The fourth-order valence-corrected chi connectivity index (χ4v) is 7.38. The molecular formula is C29H29N3OS2. The van der Waals surface area contributed by atoms with Crippen LogP contribution in [0.2, 0.25) is 0 Å². The molecule has 0 saturated heterocycles. The minimum absolute atomic E-state index is 0.0191. The van der Waals surface area contributed by atoms with Crippen molar-refractivity contribution in [3.63, 3.8) is 0 Å². The molecule has 3 aromatic rings. The van der Waals surface area contributed by atoms with Gasteiger partial charge in [0.05, 0.1) is 9.75 Å². The number of thiophene rings is 2. The molecule has 35 heavy (non-hydrogen) atoms. The van der Waals surface area contributed by atoms with Gasteiger partial charge in [-0.05, 0) is 72.2 Å². The Bertz CT molecular complexity index is 1450. The van der Waals surface area contributed by atoms with Crippen LogP contribution in [0.15, 0.2) is 53.5 Å². The average Bonchev–Trinajstić information content (AvgIpc) is 3.56. The van der Waals surface area contributed by atoms with Gasteiger partial charge in [-0.2, -0.15) is 0 Å². The number of ketones is 1. The maximum Gasteiger partial charge on any atom is 0.188 e. The van der Waals surface area contributed by atoms with E-state index in [1.54, 1.807) is 29.7 Å². The van der Waals surface area contributed by atoms with Crippen molar-refractivity contribution < 1.29 is 4.79 Å². The quantitative estimate of drug-likeness (QED) is 0.240. The molecule has 0 spiro atoms. The Balaban J connectivity index is 1.43. The van der Waals surface area contributed by atoms with E-state index in [1.165, 1.54) is 15.3 Å². The van der Waals surface area contributed by atoms with Crippen molar-refractivity contribution in [1.82, 2.24) is 5.32 Å². The van der Waals surface area contributed by atoms with Gasteiger partial charge in [0.15, 0.2) is 11.7 Å². The van der Waals surface area contributed by atoms with E-state index in [0.29, 0.717) is 11.9 Å². The summed E-state index contributed by atoms with van der Waals surface area (Å²) in [5.74, 6) is 7.66. The highest BCUT2D eigenvalue weighted by atomic mass is 32.1. The van der Waals surface area contributed by atoms with E-state index in [-0.39, 0.29) is 23.5 Å². The van der Waals surface area contributed by atoms with Gasteiger partial charge in [-0.3, -0.25) is 9.79 Å². The minimum Gasteiger partial charge on any atom is -0.370 e. The number of nitrogens with zero attached hydrogens (tertiary/aromatic N) is 1. The van der Waals surface area contributed by atoms with E-state index in [9.17, 15) is 4.79 Å². The molecule has 2 heterocycles. The molecule has 3 N–H and O–H groups in total. The zero-order chi connectivity index (χ0) is 24.4. The van der Waals surface area contributed by atoms with Crippen LogP contribution in [0.4, 0.5) is 0 Å². The molecule has 178 valence electrons. The summed E-state index contributed by atoms with van der Waals surface area (Å²) in [6.45, 7) is 2.62. The van der Waals surface area contributed by atoms with Crippen LogP contribution in [-0.2, 0) is 0 Å². The Morgan fingerprint density at radius 3 is 2.49 bits per heavy atom.